The number of hydrogen-bond acceptors (Lipinski definition) is 5. The minimum absolute atomic E-state index is 0.0502. The fourth-order valence-corrected chi connectivity index (χ4v) is 3.75. The molecule has 0 bridgehead atoms. The second kappa shape index (κ2) is 9.67. The third-order valence-corrected chi connectivity index (χ3v) is 5.29. The van der Waals surface area contributed by atoms with Gasteiger partial charge in [-0.1, -0.05) is 18.4 Å². The van der Waals surface area contributed by atoms with Gasteiger partial charge in [-0.2, -0.15) is 0 Å². The van der Waals surface area contributed by atoms with E-state index in [9.17, 15) is 24.0 Å². The molecule has 9 heteroatoms. The van der Waals surface area contributed by atoms with Crippen LogP contribution in [-0.2, 0) is 14.4 Å². The molecule has 156 valence electrons. The number of amides is 5. The summed E-state index contributed by atoms with van der Waals surface area (Å²) in [7, 11) is 0. The van der Waals surface area contributed by atoms with Crippen LogP contribution in [0.2, 0.25) is 0 Å². The predicted molar refractivity (Wildman–Crippen MR) is 112 cm³/mol. The van der Waals surface area contributed by atoms with Crippen molar-refractivity contribution in [1.29, 1.82) is 0 Å². The van der Waals surface area contributed by atoms with Gasteiger partial charge in [0.15, 0.2) is 0 Å². The first kappa shape index (κ1) is 21.7. The molecule has 1 aromatic carbocycles. The van der Waals surface area contributed by atoms with E-state index in [-0.39, 0.29) is 42.0 Å². The molecule has 0 radical (unpaired) electrons. The summed E-state index contributed by atoms with van der Waals surface area (Å²) in [4.78, 5) is 65.1. The first-order valence-corrected chi connectivity index (χ1v) is 10.5. The van der Waals surface area contributed by atoms with E-state index in [1.807, 2.05) is 0 Å². The van der Waals surface area contributed by atoms with Gasteiger partial charge in [0.1, 0.15) is 6.04 Å². The van der Waals surface area contributed by atoms with E-state index in [0.717, 1.165) is 24.2 Å². The van der Waals surface area contributed by atoms with Crippen LogP contribution in [0, 0.1) is 10.8 Å². The van der Waals surface area contributed by atoms with E-state index in [1.165, 1.54) is 6.07 Å². The van der Waals surface area contributed by atoms with Crippen molar-refractivity contribution in [2.24, 2.45) is 0 Å². The van der Waals surface area contributed by atoms with Crippen molar-refractivity contribution in [2.75, 3.05) is 5.32 Å². The van der Waals surface area contributed by atoms with Crippen molar-refractivity contribution >= 4 is 51.2 Å². The quantitative estimate of drug-likeness (QED) is 0.358. The van der Waals surface area contributed by atoms with Crippen LogP contribution >= 0.6 is 15.9 Å². The maximum atomic E-state index is 13.0. The molecule has 2 N–H and O–H groups in total. The summed E-state index contributed by atoms with van der Waals surface area (Å²) >= 11 is 3.03. The Labute approximate surface area is 181 Å². The van der Waals surface area contributed by atoms with Crippen molar-refractivity contribution in [3.8, 4) is 10.8 Å². The smallest absolute Gasteiger partial charge is 0.264 e. The summed E-state index contributed by atoms with van der Waals surface area (Å²) in [5.74, 6) is 0.291. The number of nitrogens with one attached hydrogen (secondary N) is 2. The van der Waals surface area contributed by atoms with Gasteiger partial charge in [0, 0.05) is 35.2 Å². The molecule has 0 aliphatic carbocycles. The Kier molecular flexibility index (Phi) is 7.00. The van der Waals surface area contributed by atoms with Gasteiger partial charge >= 0.3 is 0 Å². The van der Waals surface area contributed by atoms with Gasteiger partial charge in [-0.15, -0.1) is 0 Å². The number of hydrogen-bond donors (Lipinski definition) is 2. The summed E-state index contributed by atoms with van der Waals surface area (Å²) in [6, 6.07) is 3.58. The number of imide groups is 2. The van der Waals surface area contributed by atoms with Crippen LogP contribution in [0.1, 0.15) is 65.7 Å². The zero-order valence-corrected chi connectivity index (χ0v) is 17.7. The number of anilines is 1. The SMILES string of the molecule is O=C1CCC(N2C(=O)c3cccc(NC(=O)CCCCCC#CBr)c3C2=O)C(=O)N1. The molecular weight excluding hydrogens is 454 g/mol. The molecule has 30 heavy (non-hydrogen) atoms. The molecule has 3 rings (SSSR count). The van der Waals surface area contributed by atoms with Gasteiger partial charge in [0.2, 0.25) is 17.7 Å². The molecule has 2 heterocycles. The Morgan fingerprint density at radius 2 is 1.97 bits per heavy atom. The Bertz CT molecular complexity index is 979. The van der Waals surface area contributed by atoms with Crippen LogP contribution in [0.4, 0.5) is 5.69 Å². The Hall–Kier alpha value is -2.99. The highest BCUT2D eigenvalue weighted by Crippen LogP contribution is 2.32. The van der Waals surface area contributed by atoms with E-state index in [1.54, 1.807) is 12.1 Å². The van der Waals surface area contributed by atoms with Crippen LogP contribution in [0.3, 0.4) is 0 Å². The van der Waals surface area contributed by atoms with Crippen LogP contribution in [0.15, 0.2) is 18.2 Å². The van der Waals surface area contributed by atoms with Crippen molar-refractivity contribution in [2.45, 2.75) is 51.0 Å². The standard InChI is InChI=1S/C21H20BrN3O5/c22-12-5-3-1-2-4-9-16(26)23-14-8-6-7-13-18(14)21(30)25(20(13)29)15-10-11-17(27)24-19(15)28/h6-8,15H,1-4,9-11H2,(H,23,26)(H,24,27,28). The third kappa shape index (κ3) is 4.60. The summed E-state index contributed by atoms with van der Waals surface area (Å²) in [5.41, 5.74) is 0.458. The zero-order valence-electron chi connectivity index (χ0n) is 16.1. The highest BCUT2D eigenvalue weighted by molar-refractivity contribution is 9.12. The topological polar surface area (TPSA) is 113 Å². The highest BCUT2D eigenvalue weighted by Gasteiger charge is 2.45. The summed E-state index contributed by atoms with van der Waals surface area (Å²) in [6.07, 6.45) is 3.59. The number of nitrogens with zero attached hydrogens (tertiary/aromatic N) is 1. The fourth-order valence-electron chi connectivity index (χ4n) is 3.55. The van der Waals surface area contributed by atoms with Gasteiger partial charge in [-0.25, -0.2) is 0 Å². The number of carbonyl (C=O) groups is 5. The van der Waals surface area contributed by atoms with Gasteiger partial charge in [0.05, 0.1) is 16.8 Å². The Morgan fingerprint density at radius 1 is 1.17 bits per heavy atom. The van der Waals surface area contributed by atoms with Crippen LogP contribution < -0.4 is 10.6 Å². The number of carbonyl (C=O) groups excluding carboxylic acids is 5. The molecule has 8 nitrogen and oxygen atoms in total. The molecule has 0 aromatic heterocycles. The van der Waals surface area contributed by atoms with E-state index in [0.29, 0.717) is 6.42 Å². The van der Waals surface area contributed by atoms with Crippen LogP contribution in [0.25, 0.3) is 0 Å². The van der Waals surface area contributed by atoms with Crippen molar-refractivity contribution < 1.29 is 24.0 Å². The fraction of sp³-hybridized carbons (Fsp3) is 0.381. The van der Waals surface area contributed by atoms with Gasteiger partial charge in [-0.3, -0.25) is 34.2 Å². The van der Waals surface area contributed by atoms with Gasteiger partial charge < -0.3 is 5.32 Å². The molecule has 1 fully saturated rings. The first-order valence-electron chi connectivity index (χ1n) is 9.67. The average Bonchev–Trinajstić information content (AvgIpc) is 2.96. The molecular formula is C21H20BrN3O5. The normalized spacial score (nSPS) is 17.9. The molecule has 0 saturated carbocycles. The molecule has 0 spiro atoms. The minimum Gasteiger partial charge on any atom is -0.325 e. The molecule has 1 unspecified atom stereocenters. The molecule has 1 aromatic rings. The third-order valence-electron chi connectivity index (χ3n) is 5.01. The minimum atomic E-state index is -1.04. The first-order chi connectivity index (χ1) is 14.4. The highest BCUT2D eigenvalue weighted by atomic mass is 79.9. The van der Waals surface area contributed by atoms with E-state index in [2.05, 4.69) is 37.3 Å². The Balaban J connectivity index is 1.69. The number of rotatable bonds is 7. The summed E-state index contributed by atoms with van der Waals surface area (Å²) in [6.45, 7) is 0. The maximum Gasteiger partial charge on any atom is 0.264 e. The van der Waals surface area contributed by atoms with E-state index in [4.69, 9.17) is 0 Å². The number of piperidine rings is 1. The molecule has 2 aliphatic heterocycles. The predicted octanol–water partition coefficient (Wildman–Crippen LogP) is 2.33. The van der Waals surface area contributed by atoms with Crippen molar-refractivity contribution in [3.63, 3.8) is 0 Å². The lowest BCUT2D eigenvalue weighted by Crippen LogP contribution is -2.54. The van der Waals surface area contributed by atoms with Gasteiger partial charge in [-0.05, 0) is 36.2 Å². The van der Waals surface area contributed by atoms with Crippen molar-refractivity contribution in [3.05, 3.63) is 29.3 Å². The average molecular weight is 474 g/mol. The lowest BCUT2D eigenvalue weighted by molar-refractivity contribution is -0.136. The largest absolute Gasteiger partial charge is 0.325 e. The molecule has 5 amide bonds. The van der Waals surface area contributed by atoms with E-state index >= 15 is 0 Å². The van der Waals surface area contributed by atoms with E-state index < -0.39 is 29.7 Å². The molecule has 1 atom stereocenters. The summed E-state index contributed by atoms with van der Waals surface area (Å²) in [5, 5.41) is 4.87. The maximum absolute atomic E-state index is 13.0. The lowest BCUT2D eigenvalue weighted by atomic mass is 10.0. The molecule has 1 saturated heterocycles. The lowest BCUT2D eigenvalue weighted by Gasteiger charge is -2.27. The number of unbranched alkanes of at least 4 members (excludes halogenated alkanes) is 3. The van der Waals surface area contributed by atoms with Gasteiger partial charge in [0.25, 0.3) is 11.8 Å². The number of benzene rings is 1. The summed E-state index contributed by atoms with van der Waals surface area (Å²) < 4.78 is 0. The van der Waals surface area contributed by atoms with Crippen LogP contribution in [-0.4, -0.2) is 40.5 Å². The van der Waals surface area contributed by atoms with Crippen molar-refractivity contribution in [1.82, 2.24) is 10.2 Å². The Morgan fingerprint density at radius 3 is 2.70 bits per heavy atom. The molecule has 2 aliphatic rings. The van der Waals surface area contributed by atoms with Crippen LogP contribution in [0.5, 0.6) is 0 Å². The second-order valence-electron chi connectivity index (χ2n) is 7.06. The number of fused-ring (bicyclic) bond motifs is 1. The second-order valence-corrected chi connectivity index (χ2v) is 7.45. The monoisotopic (exact) mass is 473 g/mol. The zero-order chi connectivity index (χ0) is 21.7. The number of halogens is 1.